The predicted octanol–water partition coefficient (Wildman–Crippen LogP) is 3.66. The van der Waals surface area contributed by atoms with Gasteiger partial charge in [-0.15, -0.1) is 11.8 Å². The van der Waals surface area contributed by atoms with Crippen LogP contribution in [0, 0.1) is 0 Å². The Morgan fingerprint density at radius 1 is 1.33 bits per heavy atom. The number of nitrogens with one attached hydrogen (secondary N) is 1. The van der Waals surface area contributed by atoms with Crippen molar-refractivity contribution in [1.82, 2.24) is 0 Å². The van der Waals surface area contributed by atoms with Crippen LogP contribution in [-0.4, -0.2) is 18.8 Å². The van der Waals surface area contributed by atoms with E-state index in [1.807, 2.05) is 24.3 Å². The second-order valence-electron chi connectivity index (χ2n) is 4.23. The van der Waals surface area contributed by atoms with Gasteiger partial charge in [-0.3, -0.25) is 4.79 Å². The average molecular weight is 323 g/mol. The molecule has 110 valence electrons. The molecule has 3 N–H and O–H groups in total. The zero-order chi connectivity index (χ0) is 15.2. The maximum absolute atomic E-state index is 12.0. The third kappa shape index (κ3) is 4.31. The molecular weight excluding hydrogens is 308 g/mol. The Morgan fingerprint density at radius 3 is 2.81 bits per heavy atom. The highest BCUT2D eigenvalue weighted by atomic mass is 35.5. The standard InChI is InChI=1S/C15H15ClN2O2S/c1-20-13-4-2-3-5-14(13)21-9-15(19)18-12-7-6-10(17)8-11(12)16/h2-8H,9,17H2,1H3,(H,18,19). The normalized spacial score (nSPS) is 10.2. The van der Waals surface area contributed by atoms with E-state index < -0.39 is 0 Å². The zero-order valence-electron chi connectivity index (χ0n) is 11.4. The summed E-state index contributed by atoms with van der Waals surface area (Å²) in [5.41, 5.74) is 6.72. The topological polar surface area (TPSA) is 64.3 Å². The quantitative estimate of drug-likeness (QED) is 0.651. The van der Waals surface area contributed by atoms with E-state index in [0.717, 1.165) is 10.6 Å². The van der Waals surface area contributed by atoms with E-state index in [4.69, 9.17) is 22.1 Å². The summed E-state index contributed by atoms with van der Waals surface area (Å²) >= 11 is 7.42. The van der Waals surface area contributed by atoms with Gasteiger partial charge in [0.2, 0.25) is 5.91 Å². The number of thioether (sulfide) groups is 1. The second kappa shape index (κ2) is 7.24. The number of amides is 1. The predicted molar refractivity (Wildman–Crippen MR) is 88.2 cm³/mol. The molecule has 0 saturated heterocycles. The molecule has 21 heavy (non-hydrogen) atoms. The van der Waals surface area contributed by atoms with E-state index in [9.17, 15) is 4.79 Å². The minimum Gasteiger partial charge on any atom is -0.496 e. The molecule has 0 radical (unpaired) electrons. The van der Waals surface area contributed by atoms with Gasteiger partial charge in [-0.1, -0.05) is 23.7 Å². The van der Waals surface area contributed by atoms with E-state index in [-0.39, 0.29) is 11.7 Å². The highest BCUT2D eigenvalue weighted by Gasteiger charge is 2.09. The van der Waals surface area contributed by atoms with E-state index in [2.05, 4.69) is 5.32 Å². The molecule has 2 rings (SSSR count). The molecule has 0 fully saturated rings. The largest absolute Gasteiger partial charge is 0.496 e. The maximum Gasteiger partial charge on any atom is 0.234 e. The third-order valence-corrected chi connectivity index (χ3v) is 4.06. The van der Waals surface area contributed by atoms with Gasteiger partial charge in [-0.2, -0.15) is 0 Å². The Morgan fingerprint density at radius 2 is 2.10 bits per heavy atom. The first kappa shape index (κ1) is 15.5. The van der Waals surface area contributed by atoms with Gasteiger partial charge in [-0.05, 0) is 30.3 Å². The number of anilines is 2. The molecule has 0 aliphatic heterocycles. The number of methoxy groups -OCH3 is 1. The summed E-state index contributed by atoms with van der Waals surface area (Å²) in [4.78, 5) is 12.9. The van der Waals surface area contributed by atoms with Gasteiger partial charge in [0, 0.05) is 10.6 Å². The van der Waals surface area contributed by atoms with E-state index in [0.29, 0.717) is 16.4 Å². The lowest BCUT2D eigenvalue weighted by Crippen LogP contribution is -2.14. The first-order valence-electron chi connectivity index (χ1n) is 6.21. The van der Waals surface area contributed by atoms with Crippen molar-refractivity contribution in [3.63, 3.8) is 0 Å². The van der Waals surface area contributed by atoms with Gasteiger partial charge in [-0.25, -0.2) is 0 Å². The number of benzene rings is 2. The highest BCUT2D eigenvalue weighted by Crippen LogP contribution is 2.29. The molecule has 0 spiro atoms. The molecule has 0 bridgehead atoms. The molecule has 0 heterocycles. The van der Waals surface area contributed by atoms with Crippen LogP contribution in [0.15, 0.2) is 47.4 Å². The Labute approximate surface area is 132 Å². The van der Waals surface area contributed by atoms with Crippen molar-refractivity contribution in [2.75, 3.05) is 23.9 Å². The van der Waals surface area contributed by atoms with Gasteiger partial charge in [0.05, 0.1) is 23.6 Å². The monoisotopic (exact) mass is 322 g/mol. The van der Waals surface area contributed by atoms with Crippen LogP contribution in [0.1, 0.15) is 0 Å². The first-order chi connectivity index (χ1) is 10.1. The van der Waals surface area contributed by atoms with Crippen LogP contribution >= 0.6 is 23.4 Å². The highest BCUT2D eigenvalue weighted by molar-refractivity contribution is 8.00. The lowest BCUT2D eigenvalue weighted by Gasteiger charge is -2.09. The van der Waals surface area contributed by atoms with Crippen LogP contribution in [0.25, 0.3) is 0 Å². The van der Waals surface area contributed by atoms with Gasteiger partial charge < -0.3 is 15.8 Å². The molecule has 0 aliphatic rings. The van der Waals surface area contributed by atoms with Gasteiger partial charge in [0.15, 0.2) is 0 Å². The molecule has 0 aliphatic carbocycles. The van der Waals surface area contributed by atoms with E-state index in [1.165, 1.54) is 11.8 Å². The number of halogens is 1. The number of rotatable bonds is 5. The van der Waals surface area contributed by atoms with Gasteiger partial charge in [0.25, 0.3) is 0 Å². The van der Waals surface area contributed by atoms with E-state index in [1.54, 1.807) is 25.3 Å². The number of para-hydroxylation sites is 1. The van der Waals surface area contributed by atoms with Crippen molar-refractivity contribution < 1.29 is 9.53 Å². The Bertz CT molecular complexity index is 649. The van der Waals surface area contributed by atoms with Crippen LogP contribution < -0.4 is 15.8 Å². The summed E-state index contributed by atoms with van der Waals surface area (Å²) in [6.07, 6.45) is 0. The number of nitrogen functional groups attached to an aromatic ring is 1. The van der Waals surface area contributed by atoms with Crippen molar-refractivity contribution >= 4 is 40.6 Å². The first-order valence-corrected chi connectivity index (χ1v) is 7.57. The summed E-state index contributed by atoms with van der Waals surface area (Å²) in [6.45, 7) is 0. The average Bonchev–Trinajstić information content (AvgIpc) is 2.48. The Kier molecular flexibility index (Phi) is 5.36. The lowest BCUT2D eigenvalue weighted by atomic mass is 10.3. The van der Waals surface area contributed by atoms with Gasteiger partial charge >= 0.3 is 0 Å². The Balaban J connectivity index is 1.96. The van der Waals surface area contributed by atoms with Crippen molar-refractivity contribution in [3.05, 3.63) is 47.5 Å². The SMILES string of the molecule is COc1ccccc1SCC(=O)Nc1ccc(N)cc1Cl. The summed E-state index contributed by atoms with van der Waals surface area (Å²) in [5, 5.41) is 3.18. The lowest BCUT2D eigenvalue weighted by molar-refractivity contribution is -0.113. The molecule has 0 saturated carbocycles. The Hall–Kier alpha value is -1.85. The van der Waals surface area contributed by atoms with Crippen LogP contribution in [-0.2, 0) is 4.79 Å². The van der Waals surface area contributed by atoms with Crippen LogP contribution in [0.2, 0.25) is 5.02 Å². The number of carbonyl (C=O) groups excluding carboxylic acids is 1. The summed E-state index contributed by atoms with van der Waals surface area (Å²) < 4.78 is 5.24. The molecule has 4 nitrogen and oxygen atoms in total. The molecule has 2 aromatic rings. The summed E-state index contributed by atoms with van der Waals surface area (Å²) in [7, 11) is 1.60. The smallest absolute Gasteiger partial charge is 0.234 e. The van der Waals surface area contributed by atoms with Crippen molar-refractivity contribution in [2.24, 2.45) is 0 Å². The van der Waals surface area contributed by atoms with Crippen molar-refractivity contribution in [2.45, 2.75) is 4.90 Å². The van der Waals surface area contributed by atoms with Crippen LogP contribution in [0.3, 0.4) is 0 Å². The third-order valence-electron chi connectivity index (χ3n) is 2.70. The second-order valence-corrected chi connectivity index (χ2v) is 5.65. The fraction of sp³-hybridized carbons (Fsp3) is 0.133. The maximum atomic E-state index is 12.0. The fourth-order valence-corrected chi connectivity index (χ4v) is 2.76. The van der Waals surface area contributed by atoms with Crippen molar-refractivity contribution in [1.29, 1.82) is 0 Å². The van der Waals surface area contributed by atoms with E-state index >= 15 is 0 Å². The molecular formula is C15H15ClN2O2S. The summed E-state index contributed by atoms with van der Waals surface area (Å²) in [6, 6.07) is 12.5. The minimum absolute atomic E-state index is 0.141. The minimum atomic E-state index is -0.141. The number of carbonyl (C=O) groups is 1. The number of hydrogen-bond donors (Lipinski definition) is 2. The number of nitrogens with two attached hydrogens (primary N) is 1. The molecule has 0 atom stereocenters. The summed E-state index contributed by atoms with van der Waals surface area (Å²) in [5.74, 6) is 0.875. The number of ether oxygens (including phenoxy) is 1. The van der Waals surface area contributed by atoms with Crippen LogP contribution in [0.4, 0.5) is 11.4 Å². The van der Waals surface area contributed by atoms with Gasteiger partial charge in [0.1, 0.15) is 5.75 Å². The zero-order valence-corrected chi connectivity index (χ0v) is 13.0. The van der Waals surface area contributed by atoms with Crippen LogP contribution in [0.5, 0.6) is 5.75 Å². The molecule has 6 heteroatoms. The molecule has 0 aromatic heterocycles. The molecule has 1 amide bonds. The number of hydrogen-bond acceptors (Lipinski definition) is 4. The fourth-order valence-electron chi connectivity index (χ4n) is 1.70. The molecule has 0 unspecified atom stereocenters. The molecule has 2 aromatic carbocycles. The van der Waals surface area contributed by atoms with Crippen molar-refractivity contribution in [3.8, 4) is 5.75 Å².